The van der Waals surface area contributed by atoms with Crippen LogP contribution in [0.5, 0.6) is 0 Å². The summed E-state index contributed by atoms with van der Waals surface area (Å²) in [5, 5.41) is 11.3. The molecule has 2 heterocycles. The quantitative estimate of drug-likeness (QED) is 0.474. The molecule has 3 N–H and O–H groups in total. The van der Waals surface area contributed by atoms with Crippen molar-refractivity contribution in [1.82, 2.24) is 20.9 Å². The lowest BCUT2D eigenvalue weighted by Crippen LogP contribution is -2.59. The number of nitrogens with one attached hydrogen (secondary N) is 3. The van der Waals surface area contributed by atoms with E-state index in [0.29, 0.717) is 18.1 Å². The molecule has 0 bridgehead atoms. The zero-order valence-corrected chi connectivity index (χ0v) is 18.9. The Morgan fingerprint density at radius 2 is 1.97 bits per heavy atom. The lowest BCUT2D eigenvalue weighted by atomic mass is 9.88. The van der Waals surface area contributed by atoms with Gasteiger partial charge in [0.15, 0.2) is 5.96 Å². The van der Waals surface area contributed by atoms with Crippen molar-refractivity contribution >= 4 is 5.96 Å². The van der Waals surface area contributed by atoms with Gasteiger partial charge in [0.2, 0.25) is 0 Å². The number of aliphatic imine (C=N–C) groups is 1. The molecule has 0 aromatic heterocycles. The highest BCUT2D eigenvalue weighted by Crippen LogP contribution is 2.33. The first kappa shape index (κ1) is 21.6. The molecule has 6 heteroatoms. The van der Waals surface area contributed by atoms with E-state index in [2.05, 4.69) is 70.0 Å². The Morgan fingerprint density at radius 3 is 2.63 bits per heavy atom. The third-order valence-electron chi connectivity index (χ3n) is 7.07. The molecule has 3 aliphatic rings. The standard InChI is InChI=1S/C24H39N5O/c1-18-15-21(16-29(18)22-9-10-22)27-23(25-3)26-17-24(11-13-30-14-12-24)28-19(2)20-7-5-4-6-8-20/h4-8,18-19,21-22,28H,9-17H2,1-3H3,(H2,25,26,27). The van der Waals surface area contributed by atoms with E-state index in [1.54, 1.807) is 0 Å². The maximum atomic E-state index is 5.69. The molecular weight excluding hydrogens is 374 g/mol. The van der Waals surface area contributed by atoms with Crippen LogP contribution in [0.1, 0.15) is 57.6 Å². The second-order valence-corrected chi connectivity index (χ2v) is 9.45. The summed E-state index contributed by atoms with van der Waals surface area (Å²) in [6.45, 7) is 8.21. The van der Waals surface area contributed by atoms with E-state index in [1.165, 1.54) is 24.8 Å². The third-order valence-corrected chi connectivity index (χ3v) is 7.07. The van der Waals surface area contributed by atoms with Gasteiger partial charge in [0, 0.05) is 63.1 Å². The minimum Gasteiger partial charge on any atom is -0.381 e. The molecule has 2 saturated heterocycles. The van der Waals surface area contributed by atoms with Gasteiger partial charge in [0.05, 0.1) is 0 Å². The lowest BCUT2D eigenvalue weighted by Gasteiger charge is -2.41. The largest absolute Gasteiger partial charge is 0.381 e. The van der Waals surface area contributed by atoms with E-state index >= 15 is 0 Å². The van der Waals surface area contributed by atoms with Crippen LogP contribution in [0.25, 0.3) is 0 Å². The predicted molar refractivity (Wildman–Crippen MR) is 123 cm³/mol. The van der Waals surface area contributed by atoms with Crippen molar-refractivity contribution < 1.29 is 4.74 Å². The SMILES string of the molecule is CN=C(NCC1(NC(C)c2ccccc2)CCOCC1)NC1CC(C)N(C2CC2)C1. The van der Waals surface area contributed by atoms with Crippen molar-refractivity contribution in [3.63, 3.8) is 0 Å². The van der Waals surface area contributed by atoms with E-state index in [9.17, 15) is 0 Å². The molecule has 3 unspecified atom stereocenters. The molecule has 2 aliphatic heterocycles. The van der Waals surface area contributed by atoms with Crippen LogP contribution in [0, 0.1) is 0 Å². The number of nitrogens with zero attached hydrogens (tertiary/aromatic N) is 2. The van der Waals surface area contributed by atoms with Crippen molar-refractivity contribution in [3.05, 3.63) is 35.9 Å². The maximum absolute atomic E-state index is 5.69. The highest BCUT2D eigenvalue weighted by molar-refractivity contribution is 5.80. The minimum atomic E-state index is 0.00808. The molecule has 30 heavy (non-hydrogen) atoms. The van der Waals surface area contributed by atoms with Crippen LogP contribution in [-0.2, 0) is 4.74 Å². The molecule has 4 rings (SSSR count). The van der Waals surface area contributed by atoms with Gasteiger partial charge in [-0.15, -0.1) is 0 Å². The van der Waals surface area contributed by atoms with Crippen molar-refractivity contribution in [1.29, 1.82) is 0 Å². The summed E-state index contributed by atoms with van der Waals surface area (Å²) in [5.74, 6) is 0.921. The highest BCUT2D eigenvalue weighted by atomic mass is 16.5. The molecule has 3 atom stereocenters. The summed E-state index contributed by atoms with van der Waals surface area (Å²) >= 11 is 0. The number of ether oxygens (including phenoxy) is 1. The van der Waals surface area contributed by atoms with E-state index in [0.717, 1.165) is 51.1 Å². The summed E-state index contributed by atoms with van der Waals surface area (Å²) in [4.78, 5) is 7.21. The first-order valence-electron chi connectivity index (χ1n) is 11.7. The van der Waals surface area contributed by atoms with E-state index in [4.69, 9.17) is 4.74 Å². The second-order valence-electron chi connectivity index (χ2n) is 9.45. The highest BCUT2D eigenvalue weighted by Gasteiger charge is 2.39. The molecule has 1 aromatic rings. The summed E-state index contributed by atoms with van der Waals surface area (Å²) in [7, 11) is 1.88. The number of guanidine groups is 1. The Kier molecular flexibility index (Phi) is 6.96. The van der Waals surface area contributed by atoms with Crippen molar-refractivity contribution in [2.24, 2.45) is 4.99 Å². The fraction of sp³-hybridized carbons (Fsp3) is 0.708. The van der Waals surface area contributed by atoms with Gasteiger partial charge in [-0.25, -0.2) is 0 Å². The average molecular weight is 414 g/mol. The second kappa shape index (κ2) is 9.67. The van der Waals surface area contributed by atoms with Crippen LogP contribution in [0.15, 0.2) is 35.3 Å². The Morgan fingerprint density at radius 1 is 1.23 bits per heavy atom. The van der Waals surface area contributed by atoms with Gasteiger partial charge < -0.3 is 20.7 Å². The molecule has 6 nitrogen and oxygen atoms in total. The van der Waals surface area contributed by atoms with Gasteiger partial charge in [-0.3, -0.25) is 9.89 Å². The van der Waals surface area contributed by atoms with Crippen molar-refractivity contribution in [3.8, 4) is 0 Å². The molecule has 1 aliphatic carbocycles. The molecule has 1 saturated carbocycles. The molecular formula is C24H39N5O. The fourth-order valence-electron chi connectivity index (χ4n) is 5.14. The summed E-state index contributed by atoms with van der Waals surface area (Å²) in [5.41, 5.74) is 1.33. The number of rotatable bonds is 7. The van der Waals surface area contributed by atoms with Crippen molar-refractivity contribution in [2.75, 3.05) is 33.4 Å². The van der Waals surface area contributed by atoms with Gasteiger partial charge in [-0.05, 0) is 51.5 Å². The van der Waals surface area contributed by atoms with Crippen LogP contribution in [-0.4, -0.2) is 67.9 Å². The van der Waals surface area contributed by atoms with Gasteiger partial charge in [0.25, 0.3) is 0 Å². The van der Waals surface area contributed by atoms with Gasteiger partial charge in [0.1, 0.15) is 0 Å². The predicted octanol–water partition coefficient (Wildman–Crippen LogP) is 2.68. The Labute approximate surface area is 181 Å². The topological polar surface area (TPSA) is 60.9 Å². The number of benzene rings is 1. The molecule has 166 valence electrons. The maximum Gasteiger partial charge on any atom is 0.191 e. The monoisotopic (exact) mass is 413 g/mol. The number of hydrogen-bond donors (Lipinski definition) is 3. The van der Waals surface area contributed by atoms with Crippen LogP contribution in [0.4, 0.5) is 0 Å². The normalized spacial score (nSPS) is 28.3. The van der Waals surface area contributed by atoms with E-state index in [1.807, 2.05) is 7.05 Å². The molecule has 3 fully saturated rings. The molecule has 1 aromatic carbocycles. The minimum absolute atomic E-state index is 0.00808. The zero-order chi connectivity index (χ0) is 21.0. The third kappa shape index (κ3) is 5.34. The zero-order valence-electron chi connectivity index (χ0n) is 18.9. The Bertz CT molecular complexity index is 699. The van der Waals surface area contributed by atoms with Crippen LogP contribution in [0.2, 0.25) is 0 Å². The molecule has 0 spiro atoms. The molecule has 0 radical (unpaired) electrons. The van der Waals surface area contributed by atoms with Crippen molar-refractivity contribution in [2.45, 2.75) is 75.7 Å². The fourth-order valence-corrected chi connectivity index (χ4v) is 5.14. The summed E-state index contributed by atoms with van der Waals surface area (Å²) in [6.07, 6.45) is 5.95. The van der Waals surface area contributed by atoms with Crippen LogP contribution >= 0.6 is 0 Å². The summed E-state index contributed by atoms with van der Waals surface area (Å²) < 4.78 is 5.69. The smallest absolute Gasteiger partial charge is 0.191 e. The lowest BCUT2D eigenvalue weighted by molar-refractivity contribution is 0.0354. The first-order valence-corrected chi connectivity index (χ1v) is 11.7. The van der Waals surface area contributed by atoms with E-state index in [-0.39, 0.29) is 5.54 Å². The number of likely N-dealkylation sites (tertiary alicyclic amines) is 1. The van der Waals surface area contributed by atoms with E-state index < -0.39 is 0 Å². The van der Waals surface area contributed by atoms with Gasteiger partial charge in [-0.2, -0.15) is 0 Å². The van der Waals surface area contributed by atoms with Gasteiger partial charge >= 0.3 is 0 Å². The Balaban J connectivity index is 1.34. The number of hydrogen-bond acceptors (Lipinski definition) is 4. The first-order chi connectivity index (χ1) is 14.6. The Hall–Kier alpha value is -1.63. The van der Waals surface area contributed by atoms with Gasteiger partial charge in [-0.1, -0.05) is 30.3 Å². The van der Waals surface area contributed by atoms with Crippen LogP contribution < -0.4 is 16.0 Å². The molecule has 0 amide bonds. The van der Waals surface area contributed by atoms with Crippen LogP contribution in [0.3, 0.4) is 0 Å². The average Bonchev–Trinajstić information content (AvgIpc) is 3.55. The summed E-state index contributed by atoms with van der Waals surface area (Å²) in [6, 6.07) is 13.0.